The number of aromatic nitrogens is 2. The van der Waals surface area contributed by atoms with Crippen LogP contribution in [-0.4, -0.2) is 40.2 Å². The van der Waals surface area contributed by atoms with Gasteiger partial charge in [-0.05, 0) is 35.9 Å². The van der Waals surface area contributed by atoms with E-state index in [1.165, 1.54) is 31.4 Å². The number of benzene rings is 3. The molecule has 0 aliphatic heterocycles. The Labute approximate surface area is 210 Å². The number of hydrogen-bond acceptors (Lipinski definition) is 6. The molecular formula is C27H21FN4O5. The predicted molar refractivity (Wildman–Crippen MR) is 135 cm³/mol. The number of carbonyl (C=O) groups excluding carboxylic acids is 2. The van der Waals surface area contributed by atoms with Crippen LogP contribution in [0.1, 0.15) is 16.8 Å². The van der Waals surface area contributed by atoms with Crippen LogP contribution in [0.25, 0.3) is 22.4 Å². The van der Waals surface area contributed by atoms with Gasteiger partial charge >= 0.3 is 6.09 Å². The first-order chi connectivity index (χ1) is 17.8. The first-order valence-corrected chi connectivity index (χ1v) is 11.0. The highest BCUT2D eigenvalue weighted by atomic mass is 19.1. The van der Waals surface area contributed by atoms with E-state index in [4.69, 9.17) is 9.84 Å². The lowest BCUT2D eigenvalue weighted by atomic mass is 10.0. The van der Waals surface area contributed by atoms with E-state index < -0.39 is 30.0 Å². The van der Waals surface area contributed by atoms with Crippen molar-refractivity contribution in [2.45, 2.75) is 6.42 Å². The molecule has 2 amide bonds. The number of carbonyl (C=O) groups is 3. The minimum absolute atomic E-state index is 0.0773. The molecule has 186 valence electrons. The van der Waals surface area contributed by atoms with E-state index in [1.807, 2.05) is 0 Å². The lowest BCUT2D eigenvalue weighted by molar-refractivity contribution is -0.115. The molecule has 0 bridgehead atoms. The zero-order valence-electron chi connectivity index (χ0n) is 19.6. The van der Waals surface area contributed by atoms with E-state index in [0.29, 0.717) is 22.7 Å². The standard InChI is InChI=1S/C27H21FN4O5/c1-37-26-12-11-21(31-32-26)17-5-4-6-18(13-17)24(33)15-25(34)29-23-14-16(9-10-22(23)30-27(35)36)19-7-2-3-8-20(19)28/h2-14,30H,15H2,1H3,(H,29,34)(H,35,36). The fourth-order valence-corrected chi connectivity index (χ4v) is 3.61. The normalized spacial score (nSPS) is 10.4. The summed E-state index contributed by atoms with van der Waals surface area (Å²) in [6, 6.07) is 20.4. The number of carboxylic acid groups (broad SMARTS) is 1. The van der Waals surface area contributed by atoms with Gasteiger partial charge < -0.3 is 15.2 Å². The van der Waals surface area contributed by atoms with Crippen molar-refractivity contribution in [3.8, 4) is 28.3 Å². The van der Waals surface area contributed by atoms with Crippen LogP contribution in [0.15, 0.2) is 78.9 Å². The molecule has 3 aromatic carbocycles. The molecular weight excluding hydrogens is 479 g/mol. The Bertz CT molecular complexity index is 1470. The zero-order chi connectivity index (χ0) is 26.4. The number of methoxy groups -OCH3 is 1. The minimum atomic E-state index is -1.34. The Hall–Kier alpha value is -5.12. The predicted octanol–water partition coefficient (Wildman–Crippen LogP) is 5.26. The quantitative estimate of drug-likeness (QED) is 0.222. The van der Waals surface area contributed by atoms with Gasteiger partial charge in [0.25, 0.3) is 0 Å². The van der Waals surface area contributed by atoms with Gasteiger partial charge in [0.15, 0.2) is 5.78 Å². The molecule has 4 rings (SSSR count). The maximum atomic E-state index is 14.3. The molecule has 0 atom stereocenters. The second-order valence-electron chi connectivity index (χ2n) is 7.86. The Morgan fingerprint density at radius 3 is 2.38 bits per heavy atom. The average Bonchev–Trinajstić information content (AvgIpc) is 2.90. The van der Waals surface area contributed by atoms with Gasteiger partial charge in [0.2, 0.25) is 11.8 Å². The number of ether oxygens (including phenoxy) is 1. The molecule has 37 heavy (non-hydrogen) atoms. The Morgan fingerprint density at radius 1 is 0.865 bits per heavy atom. The van der Waals surface area contributed by atoms with Crippen molar-refractivity contribution in [1.29, 1.82) is 0 Å². The zero-order valence-corrected chi connectivity index (χ0v) is 19.6. The number of hydrogen-bond donors (Lipinski definition) is 3. The first-order valence-electron chi connectivity index (χ1n) is 11.0. The monoisotopic (exact) mass is 500 g/mol. The smallest absolute Gasteiger partial charge is 0.409 e. The fraction of sp³-hybridized carbons (Fsp3) is 0.0741. The molecule has 0 aliphatic carbocycles. The Kier molecular flexibility index (Phi) is 7.48. The SMILES string of the molecule is COc1ccc(-c2cccc(C(=O)CC(=O)Nc3cc(-c4ccccc4F)ccc3NC(=O)O)c2)nn1. The summed E-state index contributed by atoms with van der Waals surface area (Å²) in [5.74, 6) is -1.25. The number of nitrogens with one attached hydrogen (secondary N) is 2. The van der Waals surface area contributed by atoms with Crippen LogP contribution in [0.4, 0.5) is 20.6 Å². The van der Waals surface area contributed by atoms with Crippen LogP contribution >= 0.6 is 0 Å². The van der Waals surface area contributed by atoms with Crippen molar-refractivity contribution >= 4 is 29.2 Å². The molecule has 1 aromatic heterocycles. The molecule has 1 heterocycles. The summed E-state index contributed by atoms with van der Waals surface area (Å²) in [4.78, 5) is 36.8. The average molecular weight is 500 g/mol. The summed E-state index contributed by atoms with van der Waals surface area (Å²) in [5.41, 5.74) is 2.30. The number of halogens is 1. The third-order valence-electron chi connectivity index (χ3n) is 5.37. The van der Waals surface area contributed by atoms with Gasteiger partial charge in [0.1, 0.15) is 5.82 Å². The number of rotatable bonds is 8. The van der Waals surface area contributed by atoms with Gasteiger partial charge in [0, 0.05) is 22.8 Å². The van der Waals surface area contributed by atoms with Crippen molar-refractivity contribution in [3.05, 3.63) is 90.2 Å². The Balaban J connectivity index is 1.53. The molecule has 0 spiro atoms. The van der Waals surface area contributed by atoms with Crippen molar-refractivity contribution in [2.75, 3.05) is 17.7 Å². The van der Waals surface area contributed by atoms with E-state index in [1.54, 1.807) is 54.6 Å². The summed E-state index contributed by atoms with van der Waals surface area (Å²) in [5, 5.41) is 21.9. The van der Waals surface area contributed by atoms with Crippen LogP contribution in [0.3, 0.4) is 0 Å². The fourth-order valence-electron chi connectivity index (χ4n) is 3.61. The second kappa shape index (κ2) is 11.1. The second-order valence-corrected chi connectivity index (χ2v) is 7.86. The first kappa shape index (κ1) is 25.0. The van der Waals surface area contributed by atoms with Crippen LogP contribution in [-0.2, 0) is 4.79 Å². The van der Waals surface area contributed by atoms with E-state index in [0.717, 1.165) is 0 Å². The molecule has 4 aromatic rings. The van der Waals surface area contributed by atoms with Crippen molar-refractivity contribution in [3.63, 3.8) is 0 Å². The van der Waals surface area contributed by atoms with Gasteiger partial charge in [-0.2, -0.15) is 0 Å². The topological polar surface area (TPSA) is 131 Å². The molecule has 0 saturated carbocycles. The summed E-state index contributed by atoms with van der Waals surface area (Å²) in [7, 11) is 1.48. The largest absolute Gasteiger partial charge is 0.480 e. The summed E-state index contributed by atoms with van der Waals surface area (Å²) >= 11 is 0. The van der Waals surface area contributed by atoms with E-state index in [2.05, 4.69) is 20.8 Å². The molecule has 0 saturated heterocycles. The molecule has 10 heteroatoms. The van der Waals surface area contributed by atoms with Crippen molar-refractivity contribution in [2.24, 2.45) is 0 Å². The number of amides is 2. The van der Waals surface area contributed by atoms with Crippen LogP contribution in [0, 0.1) is 5.82 Å². The highest BCUT2D eigenvalue weighted by Gasteiger charge is 2.17. The van der Waals surface area contributed by atoms with E-state index in [9.17, 15) is 18.8 Å². The molecule has 0 unspecified atom stereocenters. The van der Waals surface area contributed by atoms with Gasteiger partial charge in [-0.1, -0.05) is 42.5 Å². The maximum absolute atomic E-state index is 14.3. The third kappa shape index (κ3) is 6.12. The van der Waals surface area contributed by atoms with E-state index >= 15 is 0 Å². The highest BCUT2D eigenvalue weighted by Crippen LogP contribution is 2.31. The van der Waals surface area contributed by atoms with Gasteiger partial charge in [0.05, 0.1) is 30.6 Å². The van der Waals surface area contributed by atoms with Crippen molar-refractivity contribution < 1.29 is 28.6 Å². The van der Waals surface area contributed by atoms with Crippen LogP contribution < -0.4 is 15.4 Å². The maximum Gasteiger partial charge on any atom is 0.409 e. The number of Topliss-reactive ketones (excluding diaryl/α,β-unsaturated/α-hetero) is 1. The lowest BCUT2D eigenvalue weighted by Gasteiger charge is -2.13. The highest BCUT2D eigenvalue weighted by molar-refractivity contribution is 6.12. The molecule has 0 fully saturated rings. The number of nitrogens with zero attached hydrogens (tertiary/aromatic N) is 2. The Morgan fingerprint density at radius 2 is 1.68 bits per heavy atom. The van der Waals surface area contributed by atoms with Gasteiger partial charge in [-0.15, -0.1) is 10.2 Å². The van der Waals surface area contributed by atoms with Crippen LogP contribution in [0.5, 0.6) is 5.88 Å². The van der Waals surface area contributed by atoms with Gasteiger partial charge in [-0.3, -0.25) is 14.9 Å². The minimum Gasteiger partial charge on any atom is -0.480 e. The number of anilines is 2. The van der Waals surface area contributed by atoms with Crippen LogP contribution in [0.2, 0.25) is 0 Å². The summed E-state index contributed by atoms with van der Waals surface area (Å²) in [6.07, 6.45) is -1.85. The molecule has 9 nitrogen and oxygen atoms in total. The van der Waals surface area contributed by atoms with Gasteiger partial charge in [-0.25, -0.2) is 9.18 Å². The van der Waals surface area contributed by atoms with E-state index in [-0.39, 0.29) is 22.5 Å². The molecule has 0 aliphatic rings. The lowest BCUT2D eigenvalue weighted by Crippen LogP contribution is -2.18. The summed E-state index contributed by atoms with van der Waals surface area (Å²) < 4.78 is 19.3. The summed E-state index contributed by atoms with van der Waals surface area (Å²) in [6.45, 7) is 0. The molecule has 3 N–H and O–H groups in total. The number of ketones is 1. The molecule has 0 radical (unpaired) electrons. The van der Waals surface area contributed by atoms with Crippen molar-refractivity contribution in [1.82, 2.24) is 10.2 Å². The third-order valence-corrected chi connectivity index (χ3v) is 5.37.